The van der Waals surface area contributed by atoms with Crippen LogP contribution in [0.5, 0.6) is 17.2 Å². The first kappa shape index (κ1) is 17.0. The van der Waals surface area contributed by atoms with E-state index in [0.717, 1.165) is 12.8 Å². The first-order valence-electron chi connectivity index (χ1n) is 8.64. The molecule has 0 aliphatic carbocycles. The van der Waals surface area contributed by atoms with Crippen molar-refractivity contribution in [3.8, 4) is 17.2 Å². The number of para-hydroxylation sites is 2. The van der Waals surface area contributed by atoms with Gasteiger partial charge in [0.05, 0.1) is 0 Å². The topological polar surface area (TPSA) is 60.9 Å². The number of fused-ring (bicyclic) bond motifs is 1. The fraction of sp³-hybridized carbons (Fsp3) is 0.368. The number of aromatic nitrogens is 1. The number of hydrogen-bond donors (Lipinski definition) is 0. The Morgan fingerprint density at radius 3 is 2.73 bits per heavy atom. The van der Waals surface area contributed by atoms with Crippen molar-refractivity contribution in [2.75, 3.05) is 19.7 Å². The van der Waals surface area contributed by atoms with Crippen molar-refractivity contribution < 1.29 is 19.0 Å². The minimum absolute atomic E-state index is 0.0307. The molecular weight excluding hydrogens is 356 g/mol. The van der Waals surface area contributed by atoms with E-state index in [0.29, 0.717) is 35.4 Å². The molecule has 0 saturated carbocycles. The molecule has 0 spiro atoms. The molecule has 6 nitrogen and oxygen atoms in total. The molecule has 1 aromatic carbocycles. The van der Waals surface area contributed by atoms with Crippen molar-refractivity contribution in [1.29, 1.82) is 0 Å². The van der Waals surface area contributed by atoms with Crippen molar-refractivity contribution in [3.05, 3.63) is 47.7 Å². The molecule has 1 fully saturated rings. The highest BCUT2D eigenvalue weighted by Gasteiger charge is 2.33. The molecule has 0 bridgehead atoms. The number of carbonyl (C=O) groups is 1. The highest BCUT2D eigenvalue weighted by molar-refractivity contribution is 6.31. The Bertz CT molecular complexity index is 793. The third-order valence-corrected chi connectivity index (χ3v) is 4.85. The van der Waals surface area contributed by atoms with Gasteiger partial charge >= 0.3 is 0 Å². The molecule has 2 aliphatic heterocycles. The zero-order valence-electron chi connectivity index (χ0n) is 14.1. The molecule has 26 heavy (non-hydrogen) atoms. The van der Waals surface area contributed by atoms with E-state index < -0.39 is 6.10 Å². The molecule has 136 valence electrons. The molecule has 0 radical (unpaired) electrons. The Morgan fingerprint density at radius 1 is 1.19 bits per heavy atom. The highest BCUT2D eigenvalue weighted by Crippen LogP contribution is 2.32. The summed E-state index contributed by atoms with van der Waals surface area (Å²) in [6.45, 7) is 1.47. The van der Waals surface area contributed by atoms with Crippen LogP contribution in [0.3, 0.4) is 0 Å². The number of halogens is 1. The second-order valence-electron chi connectivity index (χ2n) is 6.31. The molecule has 3 heterocycles. The van der Waals surface area contributed by atoms with Gasteiger partial charge in [0.25, 0.3) is 5.91 Å². The molecule has 0 N–H and O–H groups in total. The maximum atomic E-state index is 12.7. The van der Waals surface area contributed by atoms with Gasteiger partial charge in [0.2, 0.25) is 6.10 Å². The van der Waals surface area contributed by atoms with Gasteiger partial charge in [0.15, 0.2) is 11.5 Å². The number of hydrogen-bond acceptors (Lipinski definition) is 5. The van der Waals surface area contributed by atoms with Crippen molar-refractivity contribution >= 4 is 17.5 Å². The number of piperidine rings is 1. The van der Waals surface area contributed by atoms with Crippen LogP contribution < -0.4 is 14.2 Å². The summed E-state index contributed by atoms with van der Waals surface area (Å²) in [6.07, 6.45) is 4.13. The summed E-state index contributed by atoms with van der Waals surface area (Å²) < 4.78 is 17.4. The Hall–Kier alpha value is -2.47. The first-order valence-corrected chi connectivity index (χ1v) is 9.02. The van der Waals surface area contributed by atoms with Crippen LogP contribution in [0.15, 0.2) is 42.7 Å². The van der Waals surface area contributed by atoms with Crippen molar-refractivity contribution in [2.45, 2.75) is 25.0 Å². The van der Waals surface area contributed by atoms with E-state index in [4.69, 9.17) is 25.8 Å². The lowest BCUT2D eigenvalue weighted by Gasteiger charge is -2.35. The average molecular weight is 375 g/mol. The third kappa shape index (κ3) is 3.55. The van der Waals surface area contributed by atoms with Gasteiger partial charge in [-0.15, -0.1) is 0 Å². The monoisotopic (exact) mass is 374 g/mol. The number of ether oxygens (including phenoxy) is 3. The predicted molar refractivity (Wildman–Crippen MR) is 95.8 cm³/mol. The van der Waals surface area contributed by atoms with E-state index in [-0.39, 0.29) is 18.6 Å². The Morgan fingerprint density at radius 2 is 1.96 bits per heavy atom. The van der Waals surface area contributed by atoms with Crippen LogP contribution in [-0.4, -0.2) is 47.7 Å². The summed E-state index contributed by atoms with van der Waals surface area (Å²) in [5.74, 6) is 1.88. The van der Waals surface area contributed by atoms with Crippen LogP contribution in [-0.2, 0) is 4.79 Å². The van der Waals surface area contributed by atoms with Gasteiger partial charge in [0.1, 0.15) is 23.5 Å². The fourth-order valence-electron chi connectivity index (χ4n) is 3.18. The minimum atomic E-state index is -0.600. The summed E-state index contributed by atoms with van der Waals surface area (Å²) in [5, 5.41) is 0.498. The normalized spacial score (nSPS) is 19.9. The van der Waals surface area contributed by atoms with Crippen LogP contribution in [0.25, 0.3) is 0 Å². The number of amides is 1. The molecule has 1 saturated heterocycles. The summed E-state index contributed by atoms with van der Waals surface area (Å²) in [6, 6.07) is 9.15. The lowest BCUT2D eigenvalue weighted by molar-refractivity contribution is -0.143. The smallest absolute Gasteiger partial charge is 0.267 e. The van der Waals surface area contributed by atoms with Crippen LogP contribution in [0, 0.1) is 0 Å². The lowest BCUT2D eigenvalue weighted by atomic mass is 10.1. The van der Waals surface area contributed by atoms with Gasteiger partial charge in [-0.3, -0.25) is 9.78 Å². The summed E-state index contributed by atoms with van der Waals surface area (Å²) in [7, 11) is 0. The molecular formula is C19H19ClN2O4. The molecule has 1 aromatic heterocycles. The van der Waals surface area contributed by atoms with Crippen LogP contribution in [0.2, 0.25) is 5.02 Å². The average Bonchev–Trinajstić information content (AvgIpc) is 2.69. The molecule has 4 rings (SSSR count). The summed E-state index contributed by atoms with van der Waals surface area (Å²) in [4.78, 5) is 18.5. The van der Waals surface area contributed by atoms with Crippen LogP contribution in [0.1, 0.15) is 12.8 Å². The molecule has 1 unspecified atom stereocenters. The second-order valence-corrected chi connectivity index (χ2v) is 6.72. The number of nitrogens with zero attached hydrogens (tertiary/aromatic N) is 2. The summed E-state index contributed by atoms with van der Waals surface area (Å²) in [5.41, 5.74) is 0. The van der Waals surface area contributed by atoms with Gasteiger partial charge in [-0.1, -0.05) is 23.7 Å². The molecule has 7 heteroatoms. The van der Waals surface area contributed by atoms with Gasteiger partial charge in [0, 0.05) is 44.4 Å². The Balaban J connectivity index is 1.32. The maximum Gasteiger partial charge on any atom is 0.267 e. The van der Waals surface area contributed by atoms with E-state index >= 15 is 0 Å². The standard InChI is InChI=1S/C19H19ClN2O4/c20-14-11-21-8-5-15(14)25-13-6-9-22(10-7-13)19(23)18-12-24-16-3-1-2-4-17(16)26-18/h1-5,8,11,13,18H,6-7,9-10,12H2. The SMILES string of the molecule is O=C(C1COc2ccccc2O1)N1CCC(Oc2ccncc2Cl)CC1. The Kier molecular flexibility index (Phi) is 4.84. The number of benzene rings is 1. The van der Waals surface area contributed by atoms with Crippen LogP contribution in [0.4, 0.5) is 0 Å². The fourth-order valence-corrected chi connectivity index (χ4v) is 3.34. The third-order valence-electron chi connectivity index (χ3n) is 4.57. The largest absolute Gasteiger partial charge is 0.489 e. The van der Waals surface area contributed by atoms with Gasteiger partial charge < -0.3 is 19.1 Å². The maximum absolute atomic E-state index is 12.7. The number of likely N-dealkylation sites (tertiary alicyclic amines) is 1. The molecule has 1 atom stereocenters. The molecule has 1 amide bonds. The number of pyridine rings is 1. The van der Waals surface area contributed by atoms with E-state index in [1.165, 1.54) is 0 Å². The quantitative estimate of drug-likeness (QED) is 0.826. The first-order chi connectivity index (χ1) is 12.7. The summed E-state index contributed by atoms with van der Waals surface area (Å²) >= 11 is 6.08. The molecule has 2 aliphatic rings. The van der Waals surface area contributed by atoms with E-state index in [2.05, 4.69) is 4.98 Å². The zero-order chi connectivity index (χ0) is 17.9. The number of rotatable bonds is 3. The van der Waals surface area contributed by atoms with Crippen molar-refractivity contribution in [1.82, 2.24) is 9.88 Å². The van der Waals surface area contributed by atoms with E-state index in [1.807, 2.05) is 29.2 Å². The molecule has 2 aromatic rings. The number of carbonyl (C=O) groups excluding carboxylic acids is 1. The van der Waals surface area contributed by atoms with Gasteiger partial charge in [-0.25, -0.2) is 0 Å². The van der Waals surface area contributed by atoms with Crippen molar-refractivity contribution in [2.24, 2.45) is 0 Å². The lowest BCUT2D eigenvalue weighted by Crippen LogP contribution is -2.50. The minimum Gasteiger partial charge on any atom is -0.489 e. The zero-order valence-corrected chi connectivity index (χ0v) is 14.9. The van der Waals surface area contributed by atoms with E-state index in [9.17, 15) is 4.79 Å². The van der Waals surface area contributed by atoms with Crippen molar-refractivity contribution in [3.63, 3.8) is 0 Å². The second kappa shape index (κ2) is 7.41. The Labute approximate surface area is 156 Å². The van der Waals surface area contributed by atoms with E-state index in [1.54, 1.807) is 18.5 Å². The highest BCUT2D eigenvalue weighted by atomic mass is 35.5. The van der Waals surface area contributed by atoms with Gasteiger partial charge in [-0.2, -0.15) is 0 Å². The van der Waals surface area contributed by atoms with Gasteiger partial charge in [-0.05, 0) is 12.1 Å². The van der Waals surface area contributed by atoms with Crippen LogP contribution >= 0.6 is 11.6 Å². The predicted octanol–water partition coefficient (Wildman–Crippen LogP) is 2.94.